The van der Waals surface area contributed by atoms with Crippen molar-refractivity contribution in [2.45, 2.75) is 24.3 Å². The molecule has 2 aromatic carbocycles. The molecule has 0 saturated heterocycles. The molecule has 1 aromatic heterocycles. The minimum absolute atomic E-state index is 0.132. The topological polar surface area (TPSA) is 87.9 Å². The lowest BCUT2D eigenvalue weighted by Gasteiger charge is -2.25. The van der Waals surface area contributed by atoms with Crippen molar-refractivity contribution < 1.29 is 24.1 Å². The average molecular weight is 470 g/mol. The Hall–Kier alpha value is -3.17. The molecule has 0 saturated carbocycles. The third-order valence-corrected chi connectivity index (χ3v) is 6.21. The molecule has 8 nitrogen and oxygen atoms in total. The van der Waals surface area contributed by atoms with Crippen LogP contribution in [0.5, 0.6) is 23.0 Å². The van der Waals surface area contributed by atoms with E-state index in [2.05, 4.69) is 10.2 Å². The molecule has 1 N–H and O–H groups in total. The number of rotatable bonds is 9. The number of hydrogen-bond donors (Lipinski definition) is 1. The van der Waals surface area contributed by atoms with Gasteiger partial charge in [-0.2, -0.15) is 0 Å². The zero-order valence-corrected chi connectivity index (χ0v) is 19.6. The molecule has 33 heavy (non-hydrogen) atoms. The summed E-state index contributed by atoms with van der Waals surface area (Å²) in [6.45, 7) is 2.45. The molecule has 2 unspecified atom stereocenters. The maximum atomic E-state index is 10.4. The minimum Gasteiger partial charge on any atom is -0.493 e. The van der Waals surface area contributed by atoms with Gasteiger partial charge < -0.3 is 28.6 Å². The summed E-state index contributed by atoms with van der Waals surface area (Å²) in [5.74, 6) is 3.69. The van der Waals surface area contributed by atoms with E-state index >= 15 is 0 Å². The number of para-hydroxylation sites is 2. The Morgan fingerprint density at radius 2 is 2.03 bits per heavy atom. The first kappa shape index (κ1) is 23.0. The summed E-state index contributed by atoms with van der Waals surface area (Å²) >= 11 is 1.40. The maximum absolute atomic E-state index is 10.4. The zero-order valence-electron chi connectivity index (χ0n) is 18.8. The SMILES string of the molecule is C/C=C/c1ccc(OCC(O)CSc2nnc(C3COc4ccccc4O3)n2C)c(OC)c1. The zero-order chi connectivity index (χ0) is 23.2. The quantitative estimate of drug-likeness (QED) is 0.472. The molecule has 174 valence electrons. The highest BCUT2D eigenvalue weighted by Crippen LogP contribution is 2.36. The van der Waals surface area contributed by atoms with Crippen LogP contribution in [0.2, 0.25) is 0 Å². The molecule has 2 atom stereocenters. The van der Waals surface area contributed by atoms with Crippen molar-refractivity contribution in [3.63, 3.8) is 0 Å². The van der Waals surface area contributed by atoms with Crippen molar-refractivity contribution in [3.05, 3.63) is 59.9 Å². The van der Waals surface area contributed by atoms with Gasteiger partial charge in [0.05, 0.1) is 13.2 Å². The van der Waals surface area contributed by atoms with Gasteiger partial charge in [-0.05, 0) is 36.8 Å². The molecule has 3 aromatic rings. The van der Waals surface area contributed by atoms with Gasteiger partial charge in [-0.15, -0.1) is 10.2 Å². The summed E-state index contributed by atoms with van der Waals surface area (Å²) in [5.41, 5.74) is 1.02. The lowest BCUT2D eigenvalue weighted by atomic mass is 10.2. The lowest BCUT2D eigenvalue weighted by Crippen LogP contribution is -2.24. The van der Waals surface area contributed by atoms with Crippen LogP contribution in [0, 0.1) is 0 Å². The van der Waals surface area contributed by atoms with Gasteiger partial charge in [0.2, 0.25) is 0 Å². The Labute approximate surface area is 197 Å². The van der Waals surface area contributed by atoms with Gasteiger partial charge in [-0.3, -0.25) is 0 Å². The first-order valence-electron chi connectivity index (χ1n) is 10.6. The van der Waals surface area contributed by atoms with Crippen molar-refractivity contribution in [1.29, 1.82) is 0 Å². The van der Waals surface area contributed by atoms with Crippen molar-refractivity contribution in [2.75, 3.05) is 26.1 Å². The molecule has 2 heterocycles. The average Bonchev–Trinajstić information content (AvgIpc) is 3.21. The van der Waals surface area contributed by atoms with Crippen molar-refractivity contribution in [1.82, 2.24) is 14.8 Å². The van der Waals surface area contributed by atoms with Crippen molar-refractivity contribution in [3.8, 4) is 23.0 Å². The molecule has 0 bridgehead atoms. The first-order chi connectivity index (χ1) is 16.1. The molecular weight excluding hydrogens is 442 g/mol. The number of allylic oxidation sites excluding steroid dienone is 1. The van der Waals surface area contributed by atoms with E-state index in [-0.39, 0.29) is 12.7 Å². The minimum atomic E-state index is -0.698. The Bertz CT molecular complexity index is 1120. The van der Waals surface area contributed by atoms with Gasteiger partial charge in [-0.1, -0.05) is 42.1 Å². The van der Waals surface area contributed by atoms with E-state index in [9.17, 15) is 5.11 Å². The second-order valence-electron chi connectivity index (χ2n) is 7.45. The molecule has 1 aliphatic heterocycles. The highest BCUT2D eigenvalue weighted by molar-refractivity contribution is 7.99. The molecule has 0 fully saturated rings. The predicted molar refractivity (Wildman–Crippen MR) is 126 cm³/mol. The van der Waals surface area contributed by atoms with E-state index in [0.29, 0.717) is 40.6 Å². The Morgan fingerprint density at radius 3 is 2.82 bits per heavy atom. The Kier molecular flexibility index (Phi) is 7.41. The van der Waals surface area contributed by atoms with Crippen LogP contribution < -0.4 is 18.9 Å². The standard InChI is InChI=1S/C24H27N3O5S/c1-4-7-16-10-11-19(21(12-16)29-3)30-13-17(28)15-33-24-26-25-23(27(24)2)22-14-31-18-8-5-6-9-20(18)32-22/h4-12,17,22,28H,13-15H2,1-3H3/b7-4+. The molecule has 9 heteroatoms. The van der Waals surface area contributed by atoms with Crippen LogP contribution >= 0.6 is 11.8 Å². The number of thioether (sulfide) groups is 1. The molecular formula is C24H27N3O5S. The summed E-state index contributed by atoms with van der Waals surface area (Å²) < 4.78 is 24.9. The first-order valence-corrected chi connectivity index (χ1v) is 11.6. The molecule has 1 aliphatic rings. The molecule has 0 spiro atoms. The third kappa shape index (κ3) is 5.43. The van der Waals surface area contributed by atoms with Crippen LogP contribution in [0.15, 0.2) is 53.7 Å². The van der Waals surface area contributed by atoms with Gasteiger partial charge in [-0.25, -0.2) is 0 Å². The van der Waals surface area contributed by atoms with Crippen LogP contribution in [0.3, 0.4) is 0 Å². The second kappa shape index (κ2) is 10.6. The summed E-state index contributed by atoms with van der Waals surface area (Å²) in [4.78, 5) is 0. The van der Waals surface area contributed by atoms with E-state index in [1.165, 1.54) is 11.8 Å². The fraction of sp³-hybridized carbons (Fsp3) is 0.333. The second-order valence-corrected chi connectivity index (χ2v) is 8.44. The third-order valence-electron chi connectivity index (χ3n) is 5.05. The Balaban J connectivity index is 1.31. The van der Waals surface area contributed by atoms with Crippen LogP contribution in [0.4, 0.5) is 0 Å². The van der Waals surface area contributed by atoms with Gasteiger partial charge >= 0.3 is 0 Å². The largest absolute Gasteiger partial charge is 0.493 e. The van der Waals surface area contributed by atoms with Crippen molar-refractivity contribution in [2.24, 2.45) is 7.05 Å². The van der Waals surface area contributed by atoms with Crippen LogP contribution in [0.25, 0.3) is 6.08 Å². The highest BCUT2D eigenvalue weighted by atomic mass is 32.2. The number of nitrogens with zero attached hydrogens (tertiary/aromatic N) is 3. The summed E-state index contributed by atoms with van der Waals surface area (Å²) in [5, 5.41) is 19.6. The fourth-order valence-electron chi connectivity index (χ4n) is 3.38. The van der Waals surface area contributed by atoms with Crippen LogP contribution in [-0.4, -0.2) is 52.1 Å². The van der Waals surface area contributed by atoms with E-state index < -0.39 is 6.10 Å². The number of methoxy groups -OCH3 is 1. The summed E-state index contributed by atoms with van der Waals surface area (Å²) in [6, 6.07) is 13.2. The number of benzene rings is 2. The molecule has 0 aliphatic carbocycles. The van der Waals surface area contributed by atoms with Gasteiger partial charge in [0, 0.05) is 12.8 Å². The molecule has 0 amide bonds. The van der Waals surface area contributed by atoms with Gasteiger partial charge in [0.1, 0.15) is 13.2 Å². The van der Waals surface area contributed by atoms with E-state index in [1.807, 2.05) is 73.2 Å². The van der Waals surface area contributed by atoms with Gasteiger partial charge in [0.15, 0.2) is 40.1 Å². The van der Waals surface area contributed by atoms with E-state index in [4.69, 9.17) is 18.9 Å². The van der Waals surface area contributed by atoms with Gasteiger partial charge in [0.25, 0.3) is 0 Å². The molecule has 0 radical (unpaired) electrons. The lowest BCUT2D eigenvalue weighted by molar-refractivity contribution is 0.0825. The van der Waals surface area contributed by atoms with Crippen LogP contribution in [0.1, 0.15) is 24.4 Å². The number of hydrogen-bond acceptors (Lipinski definition) is 8. The maximum Gasteiger partial charge on any atom is 0.192 e. The fourth-order valence-corrected chi connectivity index (χ4v) is 4.21. The number of fused-ring (bicyclic) bond motifs is 1. The van der Waals surface area contributed by atoms with Crippen LogP contribution in [-0.2, 0) is 7.05 Å². The number of aliphatic hydroxyl groups is 1. The number of aromatic nitrogens is 3. The Morgan fingerprint density at radius 1 is 1.21 bits per heavy atom. The highest BCUT2D eigenvalue weighted by Gasteiger charge is 2.27. The summed E-state index contributed by atoms with van der Waals surface area (Å²) in [6.07, 6.45) is 2.89. The van der Waals surface area contributed by atoms with E-state index in [0.717, 1.165) is 11.3 Å². The van der Waals surface area contributed by atoms with E-state index in [1.54, 1.807) is 7.11 Å². The monoisotopic (exact) mass is 469 g/mol. The smallest absolute Gasteiger partial charge is 0.192 e. The van der Waals surface area contributed by atoms with Crippen molar-refractivity contribution >= 4 is 17.8 Å². The number of aliphatic hydroxyl groups excluding tert-OH is 1. The predicted octanol–water partition coefficient (Wildman–Crippen LogP) is 3.90. The molecule has 4 rings (SSSR count). The normalized spacial score (nSPS) is 16.1. The number of ether oxygens (including phenoxy) is 4. The summed E-state index contributed by atoms with van der Waals surface area (Å²) in [7, 11) is 3.47.